The number of fused-ring (bicyclic) bond motifs is 3. The van der Waals surface area contributed by atoms with Gasteiger partial charge in [-0.05, 0) is 5.56 Å². The molecule has 0 aliphatic carbocycles. The number of aliphatic carboxylic acids is 1. The highest BCUT2D eigenvalue weighted by Gasteiger charge is 2.38. The maximum absolute atomic E-state index is 12.2. The van der Waals surface area contributed by atoms with Crippen molar-refractivity contribution >= 4 is 12.1 Å². The number of halogens is 3. The largest absolute Gasteiger partial charge is 0.490 e. The van der Waals surface area contributed by atoms with Gasteiger partial charge in [-0.15, -0.1) is 0 Å². The molecular formula is C17H21F3N2O5. The Morgan fingerprint density at radius 3 is 2.52 bits per heavy atom. The van der Waals surface area contributed by atoms with Crippen LogP contribution >= 0.6 is 0 Å². The number of alkyl halides is 3. The van der Waals surface area contributed by atoms with Gasteiger partial charge >= 0.3 is 18.2 Å². The van der Waals surface area contributed by atoms with Crippen molar-refractivity contribution in [1.82, 2.24) is 10.2 Å². The molecule has 3 rings (SSSR count). The maximum atomic E-state index is 12.2. The molecule has 2 atom stereocenters. The van der Waals surface area contributed by atoms with Crippen LogP contribution in [0.2, 0.25) is 0 Å². The lowest BCUT2D eigenvalue weighted by atomic mass is 10.1. The number of rotatable bonds is 2. The van der Waals surface area contributed by atoms with E-state index in [2.05, 4.69) is 5.32 Å². The Morgan fingerprint density at radius 2 is 1.89 bits per heavy atom. The molecule has 150 valence electrons. The van der Waals surface area contributed by atoms with Gasteiger partial charge in [0.05, 0.1) is 13.2 Å². The van der Waals surface area contributed by atoms with Crippen LogP contribution in [0.25, 0.3) is 0 Å². The van der Waals surface area contributed by atoms with Gasteiger partial charge in [-0.2, -0.15) is 13.2 Å². The fourth-order valence-electron chi connectivity index (χ4n) is 2.67. The normalized spacial score (nSPS) is 22.1. The van der Waals surface area contributed by atoms with E-state index in [4.69, 9.17) is 19.4 Å². The highest BCUT2D eigenvalue weighted by atomic mass is 19.4. The molecule has 2 unspecified atom stereocenters. The van der Waals surface area contributed by atoms with E-state index in [1.165, 1.54) is 0 Å². The lowest BCUT2D eigenvalue weighted by molar-refractivity contribution is -0.192. The molecule has 7 nitrogen and oxygen atoms in total. The average Bonchev–Trinajstić information content (AvgIpc) is 2.95. The van der Waals surface area contributed by atoms with Crippen LogP contribution in [-0.2, 0) is 20.9 Å². The molecule has 27 heavy (non-hydrogen) atoms. The van der Waals surface area contributed by atoms with Crippen LogP contribution in [0.15, 0.2) is 30.3 Å². The smallest absolute Gasteiger partial charge is 0.475 e. The van der Waals surface area contributed by atoms with Gasteiger partial charge in [0.2, 0.25) is 0 Å². The molecule has 2 heterocycles. The molecule has 0 aromatic heterocycles. The number of benzene rings is 1. The minimum Gasteiger partial charge on any atom is -0.475 e. The molecular weight excluding hydrogens is 369 g/mol. The first-order valence-electron chi connectivity index (χ1n) is 8.32. The first-order valence-corrected chi connectivity index (χ1v) is 8.32. The molecule has 2 aliphatic rings. The lowest BCUT2D eigenvalue weighted by Crippen LogP contribution is -2.44. The summed E-state index contributed by atoms with van der Waals surface area (Å²) < 4.78 is 42.7. The maximum Gasteiger partial charge on any atom is 0.490 e. The summed E-state index contributed by atoms with van der Waals surface area (Å²) in [7, 11) is 0. The zero-order valence-corrected chi connectivity index (χ0v) is 14.4. The fourth-order valence-corrected chi connectivity index (χ4v) is 2.67. The molecule has 1 aromatic rings. The number of amides is 1. The van der Waals surface area contributed by atoms with Gasteiger partial charge in [-0.25, -0.2) is 9.59 Å². The quantitative estimate of drug-likeness (QED) is 0.802. The Labute approximate surface area is 154 Å². The van der Waals surface area contributed by atoms with E-state index in [0.717, 1.165) is 12.1 Å². The van der Waals surface area contributed by atoms with Crippen molar-refractivity contribution in [2.45, 2.75) is 18.8 Å². The molecule has 0 spiro atoms. The topological polar surface area (TPSA) is 88.1 Å². The van der Waals surface area contributed by atoms with Gasteiger partial charge in [-0.3, -0.25) is 0 Å². The average molecular weight is 390 g/mol. The van der Waals surface area contributed by atoms with Crippen molar-refractivity contribution in [3.8, 4) is 0 Å². The predicted octanol–water partition coefficient (Wildman–Crippen LogP) is 1.88. The third-order valence-electron chi connectivity index (χ3n) is 3.99. The van der Waals surface area contributed by atoms with Crippen molar-refractivity contribution in [3.63, 3.8) is 0 Å². The van der Waals surface area contributed by atoms with Crippen molar-refractivity contribution in [1.29, 1.82) is 0 Å². The molecule has 1 aromatic carbocycles. The summed E-state index contributed by atoms with van der Waals surface area (Å²) in [5.41, 5.74) is 1.01. The van der Waals surface area contributed by atoms with Crippen LogP contribution in [0, 0.1) is 5.92 Å². The number of nitrogens with zero attached hydrogens (tertiary/aromatic N) is 1. The van der Waals surface area contributed by atoms with Gasteiger partial charge < -0.3 is 24.8 Å². The van der Waals surface area contributed by atoms with Crippen molar-refractivity contribution in [2.24, 2.45) is 5.92 Å². The molecule has 2 N–H and O–H groups in total. The zero-order valence-electron chi connectivity index (χ0n) is 14.4. The van der Waals surface area contributed by atoms with E-state index < -0.39 is 12.1 Å². The second kappa shape index (κ2) is 9.56. The number of carbonyl (C=O) groups is 2. The minimum atomic E-state index is -5.08. The molecule has 1 amide bonds. The van der Waals surface area contributed by atoms with Gasteiger partial charge in [0.1, 0.15) is 6.61 Å². The highest BCUT2D eigenvalue weighted by Crippen LogP contribution is 2.14. The predicted molar refractivity (Wildman–Crippen MR) is 88.0 cm³/mol. The van der Waals surface area contributed by atoms with Gasteiger partial charge in [0.25, 0.3) is 0 Å². The summed E-state index contributed by atoms with van der Waals surface area (Å²) >= 11 is 0. The Morgan fingerprint density at radius 1 is 1.22 bits per heavy atom. The highest BCUT2D eigenvalue weighted by molar-refractivity contribution is 5.73. The minimum absolute atomic E-state index is 0.215. The van der Waals surface area contributed by atoms with Crippen LogP contribution < -0.4 is 5.32 Å². The number of carbonyl (C=O) groups excluding carboxylic acids is 1. The van der Waals surface area contributed by atoms with Crippen molar-refractivity contribution < 1.29 is 37.3 Å². The molecule has 10 heteroatoms. The van der Waals surface area contributed by atoms with Crippen molar-refractivity contribution in [2.75, 3.05) is 32.8 Å². The lowest BCUT2D eigenvalue weighted by Gasteiger charge is -2.27. The summed E-state index contributed by atoms with van der Waals surface area (Å²) in [6, 6.07) is 9.97. The third kappa shape index (κ3) is 7.06. The number of hydrogen-bond acceptors (Lipinski definition) is 5. The standard InChI is InChI=1S/C15H20N2O3.C2HF3O2/c18-15(20-10-12-4-2-1-3-5-12)17-7-13-6-16-14(8-17)11-19-9-13;3-2(4,5)1(6)7/h1-5,13-14,16H,6-11H2;(H,6,7). The van der Waals surface area contributed by atoms with Crippen LogP contribution in [-0.4, -0.2) is 67.1 Å². The van der Waals surface area contributed by atoms with Gasteiger partial charge in [0.15, 0.2) is 0 Å². The van der Waals surface area contributed by atoms with E-state index in [-0.39, 0.29) is 12.1 Å². The Hall–Kier alpha value is -2.33. The first-order chi connectivity index (χ1) is 12.8. The van der Waals surface area contributed by atoms with Crippen LogP contribution in [0.3, 0.4) is 0 Å². The van der Waals surface area contributed by atoms with Gasteiger partial charge in [-0.1, -0.05) is 30.3 Å². The molecule has 2 bridgehead atoms. The van der Waals surface area contributed by atoms with Crippen LogP contribution in [0.5, 0.6) is 0 Å². The number of ether oxygens (including phenoxy) is 2. The summed E-state index contributed by atoms with van der Waals surface area (Å²) in [4.78, 5) is 22.9. The van der Waals surface area contributed by atoms with Crippen LogP contribution in [0.4, 0.5) is 18.0 Å². The summed E-state index contributed by atoms with van der Waals surface area (Å²) in [5.74, 6) is -2.40. The number of carboxylic acids is 1. The number of carboxylic acid groups (broad SMARTS) is 1. The first kappa shape index (κ1) is 21.0. The Kier molecular flexibility index (Phi) is 7.43. The van der Waals surface area contributed by atoms with E-state index in [9.17, 15) is 18.0 Å². The molecule has 0 radical (unpaired) electrons. The fraction of sp³-hybridized carbons (Fsp3) is 0.529. The van der Waals surface area contributed by atoms with E-state index in [1.807, 2.05) is 30.3 Å². The van der Waals surface area contributed by atoms with E-state index >= 15 is 0 Å². The molecule has 2 aliphatic heterocycles. The van der Waals surface area contributed by atoms with Crippen molar-refractivity contribution in [3.05, 3.63) is 35.9 Å². The summed E-state index contributed by atoms with van der Waals surface area (Å²) in [6.07, 6.45) is -5.31. The second-order valence-corrected chi connectivity index (χ2v) is 6.26. The summed E-state index contributed by atoms with van der Waals surface area (Å²) in [5, 5.41) is 10.6. The monoisotopic (exact) mass is 390 g/mol. The van der Waals surface area contributed by atoms with Gasteiger partial charge in [0, 0.05) is 31.6 Å². The molecule has 2 saturated heterocycles. The van der Waals surface area contributed by atoms with E-state index in [0.29, 0.717) is 38.8 Å². The SMILES string of the molecule is O=C(O)C(F)(F)F.O=C(OCc1ccccc1)N1CC2CNC(COC2)C1. The van der Waals surface area contributed by atoms with E-state index in [1.54, 1.807) is 4.90 Å². The molecule has 2 fully saturated rings. The number of nitrogens with one attached hydrogen (secondary N) is 1. The third-order valence-corrected chi connectivity index (χ3v) is 3.99. The Bertz CT molecular complexity index is 613. The second-order valence-electron chi connectivity index (χ2n) is 6.26. The zero-order chi connectivity index (χ0) is 19.9. The molecule has 0 saturated carbocycles. The number of hydrogen-bond donors (Lipinski definition) is 2. The van der Waals surface area contributed by atoms with Crippen LogP contribution in [0.1, 0.15) is 5.56 Å². The summed E-state index contributed by atoms with van der Waals surface area (Å²) in [6.45, 7) is 3.98. The Balaban J connectivity index is 0.000000321.